The van der Waals surface area contributed by atoms with Crippen LogP contribution >= 0.6 is 22.9 Å². The molecule has 0 atom stereocenters. The Kier molecular flexibility index (Phi) is 6.78. The first-order valence-electron chi connectivity index (χ1n) is 8.89. The Morgan fingerprint density at radius 3 is 2.73 bits per heavy atom. The van der Waals surface area contributed by atoms with Gasteiger partial charge in [-0.15, -0.1) is 11.3 Å². The molecule has 0 fully saturated rings. The largest absolute Gasteiger partial charge is 0.377 e. The summed E-state index contributed by atoms with van der Waals surface area (Å²) >= 11 is 7.67. The highest BCUT2D eigenvalue weighted by Crippen LogP contribution is 2.29. The van der Waals surface area contributed by atoms with Crippen molar-refractivity contribution in [3.05, 3.63) is 69.4 Å². The Balaban J connectivity index is 1.50. The molecule has 0 spiro atoms. The number of benzene rings is 1. The molecule has 2 aromatic heterocycles. The van der Waals surface area contributed by atoms with Crippen LogP contribution in [0.4, 0.5) is 0 Å². The van der Waals surface area contributed by atoms with Crippen molar-refractivity contribution < 1.29 is 4.74 Å². The average molecular weight is 387 g/mol. The van der Waals surface area contributed by atoms with Crippen LogP contribution in [-0.2, 0) is 24.2 Å². The van der Waals surface area contributed by atoms with E-state index in [1.54, 1.807) is 11.3 Å². The van der Waals surface area contributed by atoms with Crippen molar-refractivity contribution >= 4 is 22.9 Å². The van der Waals surface area contributed by atoms with Gasteiger partial charge in [0.15, 0.2) is 0 Å². The van der Waals surface area contributed by atoms with Crippen molar-refractivity contribution in [3.63, 3.8) is 0 Å². The Hall–Kier alpha value is -1.75. The van der Waals surface area contributed by atoms with E-state index in [9.17, 15) is 0 Å². The second-order valence-corrected chi connectivity index (χ2v) is 7.72. The van der Waals surface area contributed by atoms with E-state index in [4.69, 9.17) is 21.3 Å². The highest BCUT2D eigenvalue weighted by Gasteiger charge is 2.10. The summed E-state index contributed by atoms with van der Waals surface area (Å²) in [6.07, 6.45) is 4.80. The predicted octanol–water partition coefficient (Wildman–Crippen LogP) is 5.88. The maximum Gasteiger partial charge on any atom is 0.123 e. The normalized spacial score (nSPS) is 11.0. The maximum atomic E-state index is 5.89. The Labute approximate surface area is 164 Å². The van der Waals surface area contributed by atoms with E-state index in [-0.39, 0.29) is 0 Å². The minimum Gasteiger partial charge on any atom is -0.377 e. The molecule has 0 N–H and O–H groups in total. The number of thiazole rings is 1. The molecule has 136 valence electrons. The number of aromatic nitrogens is 2. The fourth-order valence-corrected chi connectivity index (χ4v) is 3.92. The minimum atomic E-state index is 0.626. The number of rotatable bonds is 8. The summed E-state index contributed by atoms with van der Waals surface area (Å²) in [6, 6.07) is 12.0. The highest BCUT2D eigenvalue weighted by molar-refractivity contribution is 7.15. The molecule has 26 heavy (non-hydrogen) atoms. The SMILES string of the molecule is CCc1cc(-c2nc(C)c(CCCOCc3ccc(Cl)cc3)s2)ccn1. The van der Waals surface area contributed by atoms with Gasteiger partial charge in [0.05, 0.1) is 12.3 Å². The van der Waals surface area contributed by atoms with Crippen LogP contribution in [0, 0.1) is 6.92 Å². The van der Waals surface area contributed by atoms with E-state index >= 15 is 0 Å². The molecule has 5 heteroatoms. The monoisotopic (exact) mass is 386 g/mol. The van der Waals surface area contributed by atoms with Crippen LogP contribution in [-0.4, -0.2) is 16.6 Å². The summed E-state index contributed by atoms with van der Waals surface area (Å²) in [5.74, 6) is 0. The highest BCUT2D eigenvalue weighted by atomic mass is 35.5. The first-order valence-corrected chi connectivity index (χ1v) is 10.1. The van der Waals surface area contributed by atoms with E-state index in [2.05, 4.69) is 24.9 Å². The molecule has 0 radical (unpaired) electrons. The number of nitrogens with zero attached hydrogens (tertiary/aromatic N) is 2. The summed E-state index contributed by atoms with van der Waals surface area (Å²) in [4.78, 5) is 10.5. The van der Waals surface area contributed by atoms with E-state index in [0.717, 1.165) is 58.4 Å². The van der Waals surface area contributed by atoms with Crippen molar-refractivity contribution in [1.29, 1.82) is 0 Å². The lowest BCUT2D eigenvalue weighted by atomic mass is 10.2. The van der Waals surface area contributed by atoms with E-state index in [1.165, 1.54) is 4.88 Å². The lowest BCUT2D eigenvalue weighted by molar-refractivity contribution is 0.119. The molecular weight excluding hydrogens is 364 g/mol. The van der Waals surface area contributed by atoms with Gasteiger partial charge in [0.1, 0.15) is 5.01 Å². The zero-order chi connectivity index (χ0) is 18.4. The van der Waals surface area contributed by atoms with Gasteiger partial charge in [0, 0.05) is 34.0 Å². The van der Waals surface area contributed by atoms with Crippen molar-refractivity contribution in [2.75, 3.05) is 6.61 Å². The molecule has 0 aliphatic heterocycles. The predicted molar refractivity (Wildman–Crippen MR) is 109 cm³/mol. The zero-order valence-corrected chi connectivity index (χ0v) is 16.7. The second kappa shape index (κ2) is 9.26. The summed E-state index contributed by atoms with van der Waals surface area (Å²) in [5.41, 5.74) is 4.54. The number of hydrogen-bond donors (Lipinski definition) is 0. The third-order valence-corrected chi connectivity index (χ3v) is 5.71. The fraction of sp³-hybridized carbons (Fsp3) is 0.333. The fourth-order valence-electron chi connectivity index (χ4n) is 2.69. The average Bonchev–Trinajstić information content (AvgIpc) is 3.04. The van der Waals surface area contributed by atoms with Crippen LogP contribution in [0.2, 0.25) is 5.02 Å². The quantitative estimate of drug-likeness (QED) is 0.453. The summed E-state index contributed by atoms with van der Waals surface area (Å²) in [7, 11) is 0. The van der Waals surface area contributed by atoms with Crippen LogP contribution in [0.15, 0.2) is 42.6 Å². The molecular formula is C21H23ClN2OS. The second-order valence-electron chi connectivity index (χ2n) is 6.20. The van der Waals surface area contributed by atoms with Gasteiger partial charge < -0.3 is 4.74 Å². The van der Waals surface area contributed by atoms with Crippen LogP contribution < -0.4 is 0 Å². The smallest absolute Gasteiger partial charge is 0.123 e. The number of halogens is 1. The molecule has 0 aliphatic carbocycles. The Morgan fingerprint density at radius 1 is 1.15 bits per heavy atom. The maximum absolute atomic E-state index is 5.89. The third-order valence-electron chi connectivity index (χ3n) is 4.19. The molecule has 0 saturated carbocycles. The van der Waals surface area contributed by atoms with Gasteiger partial charge in [0.25, 0.3) is 0 Å². The van der Waals surface area contributed by atoms with Gasteiger partial charge in [-0.3, -0.25) is 4.98 Å². The van der Waals surface area contributed by atoms with Crippen LogP contribution in [0.3, 0.4) is 0 Å². The van der Waals surface area contributed by atoms with E-state index in [0.29, 0.717) is 6.61 Å². The zero-order valence-electron chi connectivity index (χ0n) is 15.2. The van der Waals surface area contributed by atoms with Gasteiger partial charge >= 0.3 is 0 Å². The first kappa shape index (κ1) is 19.0. The van der Waals surface area contributed by atoms with Gasteiger partial charge in [-0.2, -0.15) is 0 Å². The van der Waals surface area contributed by atoms with Gasteiger partial charge in [0.2, 0.25) is 0 Å². The van der Waals surface area contributed by atoms with Crippen molar-refractivity contribution in [3.8, 4) is 10.6 Å². The van der Waals surface area contributed by atoms with Crippen LogP contribution in [0.25, 0.3) is 10.6 Å². The number of ether oxygens (including phenoxy) is 1. The molecule has 2 heterocycles. The molecule has 3 aromatic rings. The summed E-state index contributed by atoms with van der Waals surface area (Å²) in [6.45, 7) is 5.58. The molecule has 0 aliphatic rings. The van der Waals surface area contributed by atoms with E-state index in [1.807, 2.05) is 36.5 Å². The van der Waals surface area contributed by atoms with Gasteiger partial charge in [-0.1, -0.05) is 30.7 Å². The molecule has 0 bridgehead atoms. The molecule has 1 aromatic carbocycles. The first-order chi connectivity index (χ1) is 12.7. The Bertz CT molecular complexity index is 845. The van der Waals surface area contributed by atoms with Crippen molar-refractivity contribution in [2.24, 2.45) is 0 Å². The Morgan fingerprint density at radius 2 is 1.96 bits per heavy atom. The number of pyridine rings is 1. The lowest BCUT2D eigenvalue weighted by Gasteiger charge is -2.04. The van der Waals surface area contributed by atoms with Crippen molar-refractivity contribution in [1.82, 2.24) is 9.97 Å². The molecule has 0 unspecified atom stereocenters. The molecule has 0 saturated heterocycles. The number of hydrogen-bond acceptors (Lipinski definition) is 4. The summed E-state index contributed by atoms with van der Waals surface area (Å²) < 4.78 is 5.78. The number of aryl methyl sites for hydroxylation is 3. The van der Waals surface area contributed by atoms with Gasteiger partial charge in [-0.25, -0.2) is 4.98 Å². The minimum absolute atomic E-state index is 0.626. The summed E-state index contributed by atoms with van der Waals surface area (Å²) in [5, 5.41) is 1.84. The molecule has 3 nitrogen and oxygen atoms in total. The topological polar surface area (TPSA) is 35.0 Å². The molecule has 3 rings (SSSR count). The van der Waals surface area contributed by atoms with Gasteiger partial charge in [-0.05, 0) is 56.0 Å². The lowest BCUT2D eigenvalue weighted by Crippen LogP contribution is -1.97. The molecule has 0 amide bonds. The van der Waals surface area contributed by atoms with E-state index < -0.39 is 0 Å². The van der Waals surface area contributed by atoms with Crippen molar-refractivity contribution in [2.45, 2.75) is 39.7 Å². The van der Waals surface area contributed by atoms with Crippen LogP contribution in [0.1, 0.15) is 35.2 Å². The third kappa shape index (κ3) is 5.13. The standard InChI is InChI=1S/C21H23ClN2OS/c1-3-19-13-17(10-11-23-19)21-24-15(2)20(26-21)5-4-12-25-14-16-6-8-18(22)9-7-16/h6-11,13H,3-5,12,14H2,1-2H3. The van der Waals surface area contributed by atoms with Crippen LogP contribution in [0.5, 0.6) is 0 Å².